The standard InChI is InChI=1S/C26H24Cl2N4O3/c1-35-25(33)9-10-30-11-12-32(26(34)31-23-15-21(27)14-22(28)16-23)24-7-5-19(6-8-24)20-4-2-3-18(13-20)17-29/h2-8,13-16,30H,9-12H2,1H3,(H,31,34). The van der Waals surface area contributed by atoms with Crippen LogP contribution in [0.3, 0.4) is 0 Å². The maximum atomic E-state index is 13.2. The Hall–Kier alpha value is -3.57. The molecular formula is C26H24Cl2N4O3. The van der Waals surface area contributed by atoms with Gasteiger partial charge in [0.1, 0.15) is 0 Å². The molecule has 35 heavy (non-hydrogen) atoms. The smallest absolute Gasteiger partial charge is 0.326 e. The van der Waals surface area contributed by atoms with E-state index in [2.05, 4.69) is 21.4 Å². The Labute approximate surface area is 214 Å². The number of methoxy groups -OCH3 is 1. The van der Waals surface area contributed by atoms with Gasteiger partial charge in [-0.1, -0.05) is 47.5 Å². The Kier molecular flexibility index (Phi) is 9.50. The van der Waals surface area contributed by atoms with Gasteiger partial charge in [0.2, 0.25) is 0 Å². The van der Waals surface area contributed by atoms with Crippen LogP contribution in [0.25, 0.3) is 11.1 Å². The van der Waals surface area contributed by atoms with Crippen molar-refractivity contribution >= 4 is 46.6 Å². The number of nitrogens with one attached hydrogen (secondary N) is 2. The highest BCUT2D eigenvalue weighted by Crippen LogP contribution is 2.26. The van der Waals surface area contributed by atoms with Gasteiger partial charge in [0, 0.05) is 41.1 Å². The van der Waals surface area contributed by atoms with Gasteiger partial charge in [-0.25, -0.2) is 4.79 Å². The van der Waals surface area contributed by atoms with E-state index in [0.717, 1.165) is 11.1 Å². The van der Waals surface area contributed by atoms with Gasteiger partial charge in [0.15, 0.2) is 0 Å². The second-order valence-corrected chi connectivity index (χ2v) is 8.43. The maximum Gasteiger partial charge on any atom is 0.326 e. The first kappa shape index (κ1) is 26.0. The summed E-state index contributed by atoms with van der Waals surface area (Å²) in [6.07, 6.45) is 0.236. The predicted octanol–water partition coefficient (Wildman–Crippen LogP) is 5.72. The lowest BCUT2D eigenvalue weighted by Gasteiger charge is -2.24. The highest BCUT2D eigenvalue weighted by atomic mass is 35.5. The van der Waals surface area contributed by atoms with E-state index < -0.39 is 0 Å². The molecule has 0 radical (unpaired) electrons. The number of hydrogen-bond acceptors (Lipinski definition) is 5. The van der Waals surface area contributed by atoms with Crippen LogP contribution in [0.4, 0.5) is 16.2 Å². The Bertz CT molecular complexity index is 1210. The molecule has 9 heteroatoms. The molecule has 3 aromatic carbocycles. The summed E-state index contributed by atoms with van der Waals surface area (Å²) in [7, 11) is 1.34. The number of halogens is 2. The molecule has 2 N–H and O–H groups in total. The van der Waals surface area contributed by atoms with Crippen LogP contribution < -0.4 is 15.5 Å². The minimum Gasteiger partial charge on any atom is -0.469 e. The van der Waals surface area contributed by atoms with Crippen molar-refractivity contribution in [2.75, 3.05) is 37.0 Å². The largest absolute Gasteiger partial charge is 0.469 e. The molecule has 0 saturated carbocycles. The topological polar surface area (TPSA) is 94.5 Å². The fourth-order valence-corrected chi connectivity index (χ4v) is 3.90. The van der Waals surface area contributed by atoms with Crippen LogP contribution in [0.1, 0.15) is 12.0 Å². The van der Waals surface area contributed by atoms with E-state index in [0.29, 0.717) is 46.6 Å². The lowest BCUT2D eigenvalue weighted by Crippen LogP contribution is -2.40. The van der Waals surface area contributed by atoms with Gasteiger partial charge in [-0.15, -0.1) is 0 Å². The van der Waals surface area contributed by atoms with Gasteiger partial charge in [-0.3, -0.25) is 9.69 Å². The Morgan fingerprint density at radius 1 is 0.971 bits per heavy atom. The number of nitrogens with zero attached hydrogens (tertiary/aromatic N) is 2. The zero-order chi connectivity index (χ0) is 25.2. The van der Waals surface area contributed by atoms with Crippen molar-refractivity contribution in [3.8, 4) is 17.2 Å². The van der Waals surface area contributed by atoms with E-state index in [1.165, 1.54) is 7.11 Å². The van der Waals surface area contributed by atoms with Crippen LogP contribution in [0.5, 0.6) is 0 Å². The summed E-state index contributed by atoms with van der Waals surface area (Å²) in [5, 5.41) is 16.0. The van der Waals surface area contributed by atoms with E-state index in [4.69, 9.17) is 28.5 Å². The fraction of sp³-hybridized carbons (Fsp3) is 0.192. The number of anilines is 2. The minimum absolute atomic E-state index is 0.236. The Balaban J connectivity index is 1.77. The third kappa shape index (κ3) is 7.72. The van der Waals surface area contributed by atoms with Gasteiger partial charge in [-0.2, -0.15) is 5.26 Å². The van der Waals surface area contributed by atoms with E-state index in [1.54, 1.807) is 29.2 Å². The van der Waals surface area contributed by atoms with Crippen molar-refractivity contribution < 1.29 is 14.3 Å². The highest BCUT2D eigenvalue weighted by molar-refractivity contribution is 6.35. The molecule has 3 aromatic rings. The van der Waals surface area contributed by atoms with Crippen LogP contribution in [-0.4, -0.2) is 38.7 Å². The maximum absolute atomic E-state index is 13.2. The van der Waals surface area contributed by atoms with Crippen molar-refractivity contribution in [1.29, 1.82) is 5.26 Å². The Morgan fingerprint density at radius 2 is 1.69 bits per heavy atom. The number of benzene rings is 3. The third-order valence-electron chi connectivity index (χ3n) is 5.11. The van der Waals surface area contributed by atoms with Crippen molar-refractivity contribution in [2.45, 2.75) is 6.42 Å². The monoisotopic (exact) mass is 510 g/mol. The lowest BCUT2D eigenvalue weighted by molar-refractivity contribution is -0.140. The average Bonchev–Trinajstić information content (AvgIpc) is 2.85. The van der Waals surface area contributed by atoms with Gasteiger partial charge in [-0.05, 0) is 53.6 Å². The molecule has 180 valence electrons. The molecule has 0 spiro atoms. The van der Waals surface area contributed by atoms with Gasteiger partial charge >= 0.3 is 12.0 Å². The van der Waals surface area contributed by atoms with Gasteiger partial charge in [0.25, 0.3) is 0 Å². The molecule has 0 saturated heterocycles. The molecule has 3 rings (SSSR count). The molecule has 0 heterocycles. The second kappa shape index (κ2) is 12.8. The number of nitriles is 1. The van der Waals surface area contributed by atoms with E-state index in [-0.39, 0.29) is 18.4 Å². The molecule has 0 unspecified atom stereocenters. The summed E-state index contributed by atoms with van der Waals surface area (Å²) in [6.45, 7) is 1.22. The Morgan fingerprint density at radius 3 is 2.34 bits per heavy atom. The first-order valence-electron chi connectivity index (χ1n) is 10.8. The summed E-state index contributed by atoms with van der Waals surface area (Å²) in [5.41, 5.74) is 3.55. The van der Waals surface area contributed by atoms with Crippen molar-refractivity contribution in [1.82, 2.24) is 5.32 Å². The number of carbonyl (C=O) groups is 2. The molecule has 0 aliphatic heterocycles. The third-order valence-corrected chi connectivity index (χ3v) is 5.55. The molecule has 0 atom stereocenters. The molecule has 0 fully saturated rings. The quantitative estimate of drug-likeness (QED) is 0.283. The molecule has 0 aliphatic carbocycles. The number of urea groups is 1. The van der Waals surface area contributed by atoms with Crippen LogP contribution >= 0.6 is 23.2 Å². The van der Waals surface area contributed by atoms with Crippen LogP contribution in [0.15, 0.2) is 66.7 Å². The van der Waals surface area contributed by atoms with E-state index in [1.807, 2.05) is 42.5 Å². The number of carbonyl (C=O) groups excluding carboxylic acids is 2. The first-order valence-corrected chi connectivity index (χ1v) is 11.6. The van der Waals surface area contributed by atoms with Crippen molar-refractivity contribution in [2.24, 2.45) is 0 Å². The SMILES string of the molecule is COC(=O)CCNCCN(C(=O)Nc1cc(Cl)cc(Cl)c1)c1ccc(-c2cccc(C#N)c2)cc1. The predicted molar refractivity (Wildman–Crippen MR) is 139 cm³/mol. The summed E-state index contributed by atoms with van der Waals surface area (Å²) in [4.78, 5) is 26.1. The van der Waals surface area contributed by atoms with E-state index in [9.17, 15) is 9.59 Å². The zero-order valence-corrected chi connectivity index (χ0v) is 20.6. The van der Waals surface area contributed by atoms with Gasteiger partial charge < -0.3 is 15.4 Å². The molecule has 0 aromatic heterocycles. The molecule has 2 amide bonds. The summed E-state index contributed by atoms with van der Waals surface area (Å²) in [6, 6.07) is 21.4. The molecule has 0 aliphatic rings. The van der Waals surface area contributed by atoms with E-state index >= 15 is 0 Å². The summed E-state index contributed by atoms with van der Waals surface area (Å²) in [5.74, 6) is -0.305. The van der Waals surface area contributed by atoms with Crippen LogP contribution in [0.2, 0.25) is 10.0 Å². The van der Waals surface area contributed by atoms with Crippen LogP contribution in [0, 0.1) is 11.3 Å². The summed E-state index contributed by atoms with van der Waals surface area (Å²) < 4.78 is 4.64. The number of rotatable bonds is 9. The molecule has 7 nitrogen and oxygen atoms in total. The molecular weight excluding hydrogens is 487 g/mol. The lowest BCUT2D eigenvalue weighted by atomic mass is 10.0. The highest BCUT2D eigenvalue weighted by Gasteiger charge is 2.17. The van der Waals surface area contributed by atoms with Crippen LogP contribution in [-0.2, 0) is 9.53 Å². The number of ether oxygens (including phenoxy) is 1. The van der Waals surface area contributed by atoms with Crippen molar-refractivity contribution in [3.63, 3.8) is 0 Å². The molecule has 0 bridgehead atoms. The van der Waals surface area contributed by atoms with Gasteiger partial charge in [0.05, 0.1) is 25.2 Å². The van der Waals surface area contributed by atoms with Crippen molar-refractivity contribution in [3.05, 3.63) is 82.3 Å². The fourth-order valence-electron chi connectivity index (χ4n) is 3.38. The number of esters is 1. The average molecular weight is 511 g/mol. The normalized spacial score (nSPS) is 10.3. The number of amides is 2. The first-order chi connectivity index (χ1) is 16.9. The minimum atomic E-state index is -0.364. The second-order valence-electron chi connectivity index (χ2n) is 7.56. The zero-order valence-electron chi connectivity index (χ0n) is 19.1. The number of hydrogen-bond donors (Lipinski definition) is 2. The summed E-state index contributed by atoms with van der Waals surface area (Å²) >= 11 is 12.1.